The summed E-state index contributed by atoms with van der Waals surface area (Å²) in [5.74, 6) is 0. The Kier molecular flexibility index (Phi) is 21.8. The van der Waals surface area contributed by atoms with Crippen molar-refractivity contribution in [2.45, 2.75) is 14.9 Å². The average Bonchev–Trinajstić information content (AvgIpc) is 0.779. The molecule has 134 heavy (non-hydrogen) atoms. The molecule has 25 aromatic rings. The lowest BCUT2D eigenvalue weighted by Crippen LogP contribution is -2.10. The third kappa shape index (κ3) is 15.7. The fraction of sp³-hybridized carbons (Fsp3) is 0.0154. The van der Waals surface area contributed by atoms with E-state index in [9.17, 15) is 0 Å². The minimum absolute atomic E-state index is 0. The first kappa shape index (κ1) is 82.3. The average molecular weight is 1710 g/mol. The first-order chi connectivity index (χ1) is 65.4. The Hall–Kier alpha value is -17.4. The van der Waals surface area contributed by atoms with Crippen molar-refractivity contribution in [3.05, 3.63) is 510 Å². The van der Waals surface area contributed by atoms with Gasteiger partial charge in [0, 0.05) is 55.7 Å². The smallest absolute Gasteiger partial charge is 0.136 e. The van der Waals surface area contributed by atoms with E-state index in [-0.39, 0.29) is 14.9 Å². The number of anilines is 6. The van der Waals surface area contributed by atoms with Crippen LogP contribution in [0, 0.1) is 0 Å². The Morgan fingerprint density at radius 1 is 0.112 bits per heavy atom. The second-order valence-electron chi connectivity index (χ2n) is 34.2. The molecule has 0 radical (unpaired) electrons. The van der Waals surface area contributed by atoms with E-state index in [4.69, 9.17) is 8.83 Å². The molecule has 2 aromatic heterocycles. The topological polar surface area (TPSA) is 32.8 Å². The van der Waals surface area contributed by atoms with Crippen molar-refractivity contribution < 1.29 is 8.83 Å². The van der Waals surface area contributed by atoms with Gasteiger partial charge in [0.15, 0.2) is 0 Å². The van der Waals surface area contributed by atoms with Crippen LogP contribution in [0.4, 0.5) is 34.1 Å². The summed E-state index contributed by atoms with van der Waals surface area (Å²) in [5.41, 5.74) is 34.0. The Morgan fingerprint density at radius 3 is 0.649 bits per heavy atom. The van der Waals surface area contributed by atoms with E-state index < -0.39 is 0 Å². The summed E-state index contributed by atoms with van der Waals surface area (Å²) in [5, 5.41) is 16.8. The third-order valence-corrected chi connectivity index (χ3v) is 26.4. The highest BCUT2D eigenvalue weighted by Crippen LogP contribution is 2.47. The molecule has 0 N–H and O–H groups in total. The van der Waals surface area contributed by atoms with Crippen LogP contribution in [-0.2, 0) is 0 Å². The lowest BCUT2D eigenvalue weighted by Gasteiger charge is -2.27. The van der Waals surface area contributed by atoms with Gasteiger partial charge >= 0.3 is 0 Å². The predicted octanol–water partition coefficient (Wildman–Crippen LogP) is 37.8. The van der Waals surface area contributed by atoms with Crippen molar-refractivity contribution in [1.82, 2.24) is 0 Å². The summed E-state index contributed by atoms with van der Waals surface area (Å²) in [7, 11) is 0. The molecule has 0 atom stereocenters. The summed E-state index contributed by atoms with van der Waals surface area (Å²) >= 11 is 0. The Balaban J connectivity index is 0.000000154. The van der Waals surface area contributed by atoms with E-state index in [1.165, 1.54) is 154 Å². The summed E-state index contributed by atoms with van der Waals surface area (Å²) < 4.78 is 12.5. The maximum atomic E-state index is 6.31. The van der Waals surface area contributed by atoms with Crippen LogP contribution in [0.5, 0.6) is 0 Å². The van der Waals surface area contributed by atoms with Gasteiger partial charge in [0.25, 0.3) is 0 Å². The summed E-state index contributed by atoms with van der Waals surface area (Å²) in [4.78, 5) is 4.76. The lowest BCUT2D eigenvalue weighted by molar-refractivity contribution is 0.668. The number of hydrogen-bond acceptors (Lipinski definition) is 4. The number of fused-ring (bicyclic) bond motifs is 15. The van der Waals surface area contributed by atoms with Gasteiger partial charge in [-0.3, -0.25) is 0 Å². The van der Waals surface area contributed by atoms with Crippen LogP contribution in [0.25, 0.3) is 209 Å². The van der Waals surface area contributed by atoms with Crippen molar-refractivity contribution in [2.24, 2.45) is 0 Å². The van der Waals surface area contributed by atoms with Gasteiger partial charge in [-0.25, -0.2) is 0 Å². The van der Waals surface area contributed by atoms with Gasteiger partial charge in [0.1, 0.15) is 22.3 Å². The molecule has 2 heterocycles. The van der Waals surface area contributed by atoms with Gasteiger partial charge in [-0.15, -0.1) is 0 Å². The highest BCUT2D eigenvalue weighted by atomic mass is 16.3. The molecule has 25 rings (SSSR count). The largest absolute Gasteiger partial charge is 0.456 e. The number of furan rings is 2. The number of para-hydroxylation sites is 2. The number of hydrogen-bond donors (Lipinski definition) is 0. The fourth-order valence-electron chi connectivity index (χ4n) is 19.5. The SMILES string of the molecule is C.C.c1ccc(-c2ccc(-c3ccc(N(c4ccc(-c5ccc(-c6ccccc6)cc5)cc4)c4ccc5c(ccc6cc(-c7ccc8c(c7)oc7ccccc78)ccc65)c4)cc3)cc2)cc1.c1ccc(-c2ccc(-c3ccc(N(c4ccc(-c5ccc(-c6ccccc6)cc5)cc4)c4ccc5c6ccc(-c7ccc8c(c7)oc7ccccc78)cc6c6ccccc6c5c4)cc3)cc2)cc1. The van der Waals surface area contributed by atoms with Gasteiger partial charge in [-0.05, 0) is 286 Å². The number of rotatable bonds is 16. The molecule has 0 fully saturated rings. The maximum absolute atomic E-state index is 6.31. The number of benzene rings is 23. The number of nitrogens with zero attached hydrogens (tertiary/aromatic N) is 2. The van der Waals surface area contributed by atoms with E-state index in [0.717, 1.165) is 89.1 Å². The minimum atomic E-state index is 0. The second kappa shape index (κ2) is 35.5. The van der Waals surface area contributed by atoms with E-state index in [1.807, 2.05) is 24.3 Å². The van der Waals surface area contributed by atoms with Crippen LogP contribution in [0.2, 0.25) is 0 Å². The predicted molar refractivity (Wildman–Crippen MR) is 572 cm³/mol. The van der Waals surface area contributed by atoms with Crippen LogP contribution in [-0.4, -0.2) is 0 Å². The van der Waals surface area contributed by atoms with Gasteiger partial charge in [-0.2, -0.15) is 0 Å². The molecule has 4 heteroatoms. The monoisotopic (exact) mass is 1710 g/mol. The zero-order valence-corrected chi connectivity index (χ0v) is 72.2. The molecular weight excluding hydrogens is 1620 g/mol. The van der Waals surface area contributed by atoms with Gasteiger partial charge < -0.3 is 18.6 Å². The first-order valence-corrected chi connectivity index (χ1v) is 45.2. The molecule has 23 aromatic carbocycles. The Morgan fingerprint density at radius 2 is 0.313 bits per heavy atom. The molecule has 0 amide bonds. The van der Waals surface area contributed by atoms with Crippen LogP contribution >= 0.6 is 0 Å². The molecule has 0 bridgehead atoms. The van der Waals surface area contributed by atoms with Crippen molar-refractivity contribution in [2.75, 3.05) is 9.80 Å². The summed E-state index contributed by atoms with van der Waals surface area (Å²) in [6.45, 7) is 0. The van der Waals surface area contributed by atoms with Gasteiger partial charge in [-0.1, -0.05) is 403 Å². The van der Waals surface area contributed by atoms with Crippen molar-refractivity contribution in [3.63, 3.8) is 0 Å². The zero-order chi connectivity index (χ0) is 87.4. The fourth-order valence-corrected chi connectivity index (χ4v) is 19.5. The van der Waals surface area contributed by atoms with E-state index in [0.29, 0.717) is 0 Å². The highest BCUT2D eigenvalue weighted by Gasteiger charge is 2.22. The normalized spacial score (nSPS) is 11.3. The minimum Gasteiger partial charge on any atom is -0.456 e. The first-order valence-electron chi connectivity index (χ1n) is 45.2. The Bertz CT molecular complexity index is 8320. The molecule has 0 aliphatic carbocycles. The zero-order valence-electron chi connectivity index (χ0n) is 72.2. The molecule has 0 saturated carbocycles. The molecule has 0 aliphatic heterocycles. The third-order valence-electron chi connectivity index (χ3n) is 26.4. The highest BCUT2D eigenvalue weighted by molar-refractivity contribution is 6.26. The molecular formula is C130H92N2O2. The molecule has 4 nitrogen and oxygen atoms in total. The molecule has 0 spiro atoms. The van der Waals surface area contributed by atoms with Crippen LogP contribution in [0.1, 0.15) is 14.9 Å². The van der Waals surface area contributed by atoms with E-state index in [2.05, 4.69) is 495 Å². The second-order valence-corrected chi connectivity index (χ2v) is 34.2. The van der Waals surface area contributed by atoms with Crippen molar-refractivity contribution in [1.29, 1.82) is 0 Å². The van der Waals surface area contributed by atoms with Crippen molar-refractivity contribution >= 4 is 132 Å². The standard InChI is InChI=1S/C66H43NO.C62H41NO.2CH4/c1-3-11-44(12-4-1)46-19-23-48(24-20-46)50-27-33-54(34-28-50)67(55-35-29-51(30-36-55)49-25-21-47(22-26-49)45-13-5-2-6-14-45)56-37-40-60-59-38-31-52(41-63(59)57-15-7-8-16-58(57)64(60)43-56)53-32-39-62-61-17-9-10-18-65(61)68-66(62)42-53;1-3-9-42(10-4-1)44-15-19-46(20-16-44)48-25-31-54(32-26-48)63(55-33-27-49(28-34-55)47-21-17-45(18-22-47)43-11-5-2-6-12-43)56-35-38-58-53(40-56)24-23-52-39-50(29-36-57(52)58)51-30-37-60-59-13-7-8-14-61(59)64-62(60)41-51;;/h1-43H;1-41H;2*1H4. The molecule has 0 aliphatic rings. The van der Waals surface area contributed by atoms with E-state index in [1.54, 1.807) is 0 Å². The molecule has 0 unspecified atom stereocenters. The van der Waals surface area contributed by atoms with Gasteiger partial charge in [0.2, 0.25) is 0 Å². The summed E-state index contributed by atoms with van der Waals surface area (Å²) in [6, 6.07) is 184. The molecule has 634 valence electrons. The van der Waals surface area contributed by atoms with Gasteiger partial charge in [0.05, 0.1) is 0 Å². The van der Waals surface area contributed by atoms with Crippen molar-refractivity contribution in [3.8, 4) is 111 Å². The quantitative estimate of drug-likeness (QED) is 0.0903. The van der Waals surface area contributed by atoms with E-state index >= 15 is 0 Å². The van der Waals surface area contributed by atoms with Crippen LogP contribution in [0.15, 0.2) is 518 Å². The maximum Gasteiger partial charge on any atom is 0.136 e. The van der Waals surface area contributed by atoms with Crippen LogP contribution < -0.4 is 9.80 Å². The lowest BCUT2D eigenvalue weighted by atomic mass is 9.91. The summed E-state index contributed by atoms with van der Waals surface area (Å²) in [6.07, 6.45) is 0. The van der Waals surface area contributed by atoms with Crippen LogP contribution in [0.3, 0.4) is 0 Å². The molecule has 0 saturated heterocycles. The Labute approximate surface area is 780 Å².